The normalized spacial score (nSPS) is 11.1. The Bertz CT molecular complexity index is 1230. The number of hydrogen-bond acceptors (Lipinski definition) is 3. The molecule has 0 atom stereocenters. The van der Waals surface area contributed by atoms with Crippen molar-refractivity contribution >= 4 is 5.84 Å². The van der Waals surface area contributed by atoms with Crippen LogP contribution in [0.2, 0.25) is 0 Å². The highest BCUT2D eigenvalue weighted by Crippen LogP contribution is 2.32. The third-order valence-corrected chi connectivity index (χ3v) is 5.98. The summed E-state index contributed by atoms with van der Waals surface area (Å²) in [4.78, 5) is 0. The Labute approximate surface area is 201 Å². The zero-order chi connectivity index (χ0) is 24.0. The lowest BCUT2D eigenvalue weighted by molar-refractivity contribution is 0.300. The van der Waals surface area contributed by atoms with Crippen molar-refractivity contribution in [3.63, 3.8) is 0 Å². The van der Waals surface area contributed by atoms with Gasteiger partial charge in [0.25, 0.3) is 0 Å². The van der Waals surface area contributed by atoms with E-state index < -0.39 is 0 Å². The summed E-state index contributed by atoms with van der Waals surface area (Å²) in [5, 5.41) is 7.47. The lowest BCUT2D eigenvalue weighted by Crippen LogP contribution is -2.18. The molecule has 4 heteroatoms. The molecule has 0 spiro atoms. The molecule has 0 aliphatic rings. The zero-order valence-electron chi connectivity index (χ0n) is 19.5. The molecule has 0 heterocycles. The average Bonchev–Trinajstić information content (AvgIpc) is 2.87. The van der Waals surface area contributed by atoms with E-state index in [1.54, 1.807) is 12.1 Å². The summed E-state index contributed by atoms with van der Waals surface area (Å²) in [6, 6.07) is 35.0. The van der Waals surface area contributed by atoms with Gasteiger partial charge in [-0.1, -0.05) is 68.4 Å². The van der Waals surface area contributed by atoms with Gasteiger partial charge >= 0.3 is 0 Å². The lowest BCUT2D eigenvalue weighted by atomic mass is 9.78. The first kappa shape index (κ1) is 23.1. The van der Waals surface area contributed by atoms with Gasteiger partial charge < -0.3 is 15.2 Å². The monoisotopic (exact) mass is 449 g/mol. The number of hydrogen-bond donors (Lipinski definition) is 2. The minimum Gasteiger partial charge on any atom is -0.489 e. The molecule has 4 aromatic carbocycles. The van der Waals surface area contributed by atoms with E-state index in [4.69, 9.17) is 20.6 Å². The zero-order valence-corrected chi connectivity index (χ0v) is 19.5. The van der Waals surface area contributed by atoms with Crippen molar-refractivity contribution < 1.29 is 9.47 Å². The molecular formula is C30H29N2O2. The van der Waals surface area contributed by atoms with Gasteiger partial charge in [0, 0.05) is 11.0 Å². The van der Waals surface area contributed by atoms with Gasteiger partial charge in [-0.15, -0.1) is 0 Å². The number of rotatable bonds is 9. The van der Waals surface area contributed by atoms with Crippen LogP contribution in [0.5, 0.6) is 11.5 Å². The van der Waals surface area contributed by atoms with E-state index >= 15 is 0 Å². The van der Waals surface area contributed by atoms with E-state index in [9.17, 15) is 0 Å². The summed E-state index contributed by atoms with van der Waals surface area (Å²) >= 11 is 0. The quantitative estimate of drug-likeness (QED) is 0.234. The van der Waals surface area contributed by atoms with Crippen LogP contribution in [0.1, 0.15) is 41.7 Å². The molecule has 0 bridgehead atoms. The summed E-state index contributed by atoms with van der Waals surface area (Å²) in [6.45, 7) is 5.39. The average molecular weight is 450 g/mol. The number of ether oxygens (including phenoxy) is 2. The first-order valence-electron chi connectivity index (χ1n) is 11.3. The maximum atomic E-state index is 7.47. The largest absolute Gasteiger partial charge is 0.489 e. The second-order valence-electron chi connectivity index (χ2n) is 8.77. The van der Waals surface area contributed by atoms with Crippen molar-refractivity contribution in [2.45, 2.75) is 32.5 Å². The van der Waals surface area contributed by atoms with Crippen molar-refractivity contribution in [1.29, 1.82) is 5.41 Å². The van der Waals surface area contributed by atoms with Gasteiger partial charge in [0.15, 0.2) is 0 Å². The molecule has 0 saturated carbocycles. The highest BCUT2D eigenvalue weighted by Gasteiger charge is 2.22. The molecule has 34 heavy (non-hydrogen) atoms. The number of nitrogens with one attached hydrogen (secondary N) is 1. The smallest absolute Gasteiger partial charge is 0.122 e. The number of nitrogens with two attached hydrogens (primary N) is 1. The molecule has 0 aliphatic carbocycles. The Morgan fingerprint density at radius 1 is 0.765 bits per heavy atom. The second kappa shape index (κ2) is 10.3. The van der Waals surface area contributed by atoms with Crippen LogP contribution < -0.4 is 15.2 Å². The highest BCUT2D eigenvalue weighted by molar-refractivity contribution is 5.94. The molecule has 0 unspecified atom stereocenters. The van der Waals surface area contributed by atoms with Crippen LogP contribution in [0.15, 0.2) is 97.1 Å². The van der Waals surface area contributed by atoms with Gasteiger partial charge in [-0.3, -0.25) is 5.41 Å². The fraction of sp³-hybridized carbons (Fsp3) is 0.167. The lowest BCUT2D eigenvalue weighted by Gasteiger charge is -2.26. The van der Waals surface area contributed by atoms with E-state index in [1.165, 1.54) is 11.1 Å². The molecular weight excluding hydrogens is 420 g/mol. The van der Waals surface area contributed by atoms with Crippen LogP contribution in [-0.4, -0.2) is 5.84 Å². The standard InChI is InChI=1S/C30H29N2O2/c1-30(2,25-9-4-3-5-10-25)26-13-17-28(18-14-26)34-21-23-8-6-7-22(19-23)20-33-27-15-11-24(12-16-27)29(31)32/h4-19H,20-21H2,1-2H3,(H3,31,32). The van der Waals surface area contributed by atoms with Crippen molar-refractivity contribution in [3.05, 3.63) is 131 Å². The van der Waals surface area contributed by atoms with Gasteiger partial charge in [-0.25, -0.2) is 0 Å². The number of benzene rings is 4. The molecule has 0 aliphatic heterocycles. The second-order valence-corrected chi connectivity index (χ2v) is 8.77. The van der Waals surface area contributed by atoms with E-state index in [2.05, 4.69) is 56.3 Å². The van der Waals surface area contributed by atoms with E-state index in [-0.39, 0.29) is 11.3 Å². The number of amidine groups is 1. The Morgan fingerprint density at radius 2 is 1.26 bits per heavy atom. The SMILES string of the molecule is CC(C)(c1cc[c]cc1)c1ccc(OCc2cccc(COc3ccc(C(=N)N)cc3)c2)cc1. The summed E-state index contributed by atoms with van der Waals surface area (Å²) in [5.41, 5.74) is 10.7. The third kappa shape index (κ3) is 5.65. The van der Waals surface area contributed by atoms with E-state index in [0.29, 0.717) is 18.8 Å². The van der Waals surface area contributed by atoms with Gasteiger partial charge in [-0.05, 0) is 70.8 Å². The Kier molecular flexibility index (Phi) is 6.98. The molecule has 3 N–H and O–H groups in total. The third-order valence-electron chi connectivity index (χ3n) is 5.98. The van der Waals surface area contributed by atoms with Crippen LogP contribution in [0, 0.1) is 11.5 Å². The highest BCUT2D eigenvalue weighted by atomic mass is 16.5. The molecule has 4 aromatic rings. The molecule has 4 rings (SSSR count). The summed E-state index contributed by atoms with van der Waals surface area (Å²) in [5.74, 6) is 1.63. The van der Waals surface area contributed by atoms with Crippen LogP contribution in [-0.2, 0) is 18.6 Å². The Balaban J connectivity index is 1.34. The van der Waals surface area contributed by atoms with Crippen molar-refractivity contribution in [3.8, 4) is 11.5 Å². The van der Waals surface area contributed by atoms with Crippen LogP contribution >= 0.6 is 0 Å². The molecule has 0 fully saturated rings. The molecule has 0 aromatic heterocycles. The molecule has 4 nitrogen and oxygen atoms in total. The Hall–Kier alpha value is -4.05. The fourth-order valence-electron chi connectivity index (χ4n) is 3.81. The van der Waals surface area contributed by atoms with Crippen LogP contribution in [0.4, 0.5) is 0 Å². The number of nitrogen functional groups attached to an aromatic ring is 1. The summed E-state index contributed by atoms with van der Waals surface area (Å²) in [7, 11) is 0. The van der Waals surface area contributed by atoms with Gasteiger partial charge in [0.2, 0.25) is 0 Å². The van der Waals surface area contributed by atoms with Gasteiger partial charge in [0.1, 0.15) is 30.5 Å². The molecule has 171 valence electrons. The van der Waals surface area contributed by atoms with Crippen molar-refractivity contribution in [2.75, 3.05) is 0 Å². The van der Waals surface area contributed by atoms with Crippen molar-refractivity contribution in [1.82, 2.24) is 0 Å². The van der Waals surface area contributed by atoms with E-state index in [0.717, 1.165) is 22.6 Å². The maximum absolute atomic E-state index is 7.47. The predicted octanol–water partition coefficient (Wildman–Crippen LogP) is 6.25. The Morgan fingerprint density at radius 3 is 1.79 bits per heavy atom. The maximum Gasteiger partial charge on any atom is 0.122 e. The predicted molar refractivity (Wildman–Crippen MR) is 136 cm³/mol. The van der Waals surface area contributed by atoms with Crippen LogP contribution in [0.25, 0.3) is 0 Å². The summed E-state index contributed by atoms with van der Waals surface area (Å²) in [6.07, 6.45) is 0. The molecule has 1 radical (unpaired) electrons. The topological polar surface area (TPSA) is 68.3 Å². The van der Waals surface area contributed by atoms with Crippen molar-refractivity contribution in [2.24, 2.45) is 5.73 Å². The summed E-state index contributed by atoms with van der Waals surface area (Å²) < 4.78 is 11.9. The first-order valence-corrected chi connectivity index (χ1v) is 11.3. The molecule has 0 saturated heterocycles. The van der Waals surface area contributed by atoms with Gasteiger partial charge in [0.05, 0.1) is 0 Å². The minimum atomic E-state index is -0.0889. The fourth-order valence-corrected chi connectivity index (χ4v) is 3.81. The minimum absolute atomic E-state index is 0.0487. The van der Waals surface area contributed by atoms with E-state index in [1.807, 2.05) is 48.5 Å². The van der Waals surface area contributed by atoms with Crippen LogP contribution in [0.3, 0.4) is 0 Å². The molecule has 0 amide bonds. The first-order chi connectivity index (χ1) is 16.4. The van der Waals surface area contributed by atoms with Gasteiger partial charge in [-0.2, -0.15) is 0 Å².